The molecular formula is C14H18N4O2. The van der Waals surface area contributed by atoms with Crippen molar-refractivity contribution in [1.82, 2.24) is 19.8 Å². The lowest BCUT2D eigenvalue weighted by Crippen LogP contribution is -2.28. The molecule has 6 heteroatoms. The number of fused-ring (bicyclic) bond motifs is 1. The number of aromatic nitrogens is 3. The van der Waals surface area contributed by atoms with E-state index in [2.05, 4.69) is 10.3 Å². The van der Waals surface area contributed by atoms with Crippen LogP contribution in [-0.2, 0) is 26.4 Å². The zero-order chi connectivity index (χ0) is 14.1. The molecule has 0 spiro atoms. The van der Waals surface area contributed by atoms with E-state index in [0.717, 1.165) is 42.6 Å². The molecule has 0 fully saturated rings. The van der Waals surface area contributed by atoms with Gasteiger partial charge in [0.25, 0.3) is 5.91 Å². The fourth-order valence-electron chi connectivity index (χ4n) is 2.60. The quantitative estimate of drug-likeness (QED) is 0.852. The number of nitrogens with zero attached hydrogens (tertiary/aromatic N) is 4. The molecule has 0 atom stereocenters. The summed E-state index contributed by atoms with van der Waals surface area (Å²) in [4.78, 5) is 14.1. The molecule has 20 heavy (non-hydrogen) atoms. The van der Waals surface area contributed by atoms with Gasteiger partial charge in [0.05, 0.1) is 17.9 Å². The fourth-order valence-corrected chi connectivity index (χ4v) is 2.60. The lowest BCUT2D eigenvalue weighted by Gasteiger charge is -2.17. The highest BCUT2D eigenvalue weighted by molar-refractivity contribution is 5.92. The Labute approximate surface area is 117 Å². The van der Waals surface area contributed by atoms with Crippen LogP contribution in [0.3, 0.4) is 0 Å². The Hall–Kier alpha value is -2.11. The molecule has 3 rings (SSSR count). The first-order valence-electron chi connectivity index (χ1n) is 6.86. The van der Waals surface area contributed by atoms with E-state index in [9.17, 15) is 4.79 Å². The molecule has 6 nitrogen and oxygen atoms in total. The third-order valence-corrected chi connectivity index (χ3v) is 3.82. The standard InChI is InChI=1S/C14H18N4O2/c1-17(9-10-7-8-15-18(10)2)14(19)13-11-5-3-4-6-12(11)16-20-13/h7-8H,3-6,9H2,1-2H3. The molecule has 0 radical (unpaired) electrons. The van der Waals surface area contributed by atoms with Gasteiger partial charge in [-0.2, -0.15) is 5.10 Å². The van der Waals surface area contributed by atoms with Crippen molar-refractivity contribution in [3.8, 4) is 0 Å². The van der Waals surface area contributed by atoms with Crippen molar-refractivity contribution in [2.75, 3.05) is 7.05 Å². The molecule has 0 saturated heterocycles. The summed E-state index contributed by atoms with van der Waals surface area (Å²) >= 11 is 0. The Balaban J connectivity index is 1.78. The van der Waals surface area contributed by atoms with E-state index in [1.165, 1.54) is 0 Å². The highest BCUT2D eigenvalue weighted by Crippen LogP contribution is 2.24. The molecule has 2 aromatic heterocycles. The van der Waals surface area contributed by atoms with Gasteiger partial charge in [0.1, 0.15) is 0 Å². The van der Waals surface area contributed by atoms with E-state index >= 15 is 0 Å². The van der Waals surface area contributed by atoms with Crippen LogP contribution in [0.5, 0.6) is 0 Å². The van der Waals surface area contributed by atoms with Gasteiger partial charge in [-0.15, -0.1) is 0 Å². The van der Waals surface area contributed by atoms with Crippen molar-refractivity contribution in [3.63, 3.8) is 0 Å². The first-order chi connectivity index (χ1) is 9.66. The van der Waals surface area contributed by atoms with Crippen LogP contribution in [0, 0.1) is 0 Å². The highest BCUT2D eigenvalue weighted by Gasteiger charge is 2.26. The number of carbonyl (C=O) groups excluding carboxylic acids is 1. The summed E-state index contributed by atoms with van der Waals surface area (Å²) in [6.45, 7) is 0.505. The first kappa shape index (κ1) is 12.9. The summed E-state index contributed by atoms with van der Waals surface area (Å²) < 4.78 is 7.05. The predicted octanol–water partition coefficient (Wildman–Crippen LogP) is 1.56. The van der Waals surface area contributed by atoms with Gasteiger partial charge in [0.15, 0.2) is 0 Å². The summed E-state index contributed by atoms with van der Waals surface area (Å²) in [6.07, 6.45) is 5.75. The maximum Gasteiger partial charge on any atom is 0.292 e. The lowest BCUT2D eigenvalue weighted by molar-refractivity contribution is 0.0739. The van der Waals surface area contributed by atoms with Crippen molar-refractivity contribution >= 4 is 5.91 Å². The van der Waals surface area contributed by atoms with Gasteiger partial charge in [0.2, 0.25) is 5.76 Å². The fraction of sp³-hybridized carbons (Fsp3) is 0.500. The smallest absolute Gasteiger partial charge is 0.292 e. The Morgan fingerprint density at radius 2 is 2.25 bits per heavy atom. The maximum atomic E-state index is 12.5. The van der Waals surface area contributed by atoms with Gasteiger partial charge < -0.3 is 9.42 Å². The van der Waals surface area contributed by atoms with E-state index in [0.29, 0.717) is 12.3 Å². The van der Waals surface area contributed by atoms with Gasteiger partial charge in [-0.05, 0) is 31.7 Å². The van der Waals surface area contributed by atoms with Crippen molar-refractivity contribution in [1.29, 1.82) is 0 Å². The summed E-state index contributed by atoms with van der Waals surface area (Å²) in [5.74, 6) is 0.297. The van der Waals surface area contributed by atoms with Crippen molar-refractivity contribution in [2.45, 2.75) is 32.2 Å². The molecule has 1 amide bonds. The molecule has 0 bridgehead atoms. The summed E-state index contributed by atoms with van der Waals surface area (Å²) in [7, 11) is 3.64. The second kappa shape index (κ2) is 5.11. The number of hydrogen-bond donors (Lipinski definition) is 0. The van der Waals surface area contributed by atoms with Crippen LogP contribution in [0.4, 0.5) is 0 Å². The molecule has 0 aliphatic heterocycles. The van der Waals surface area contributed by atoms with E-state index in [1.807, 2.05) is 13.1 Å². The Morgan fingerprint density at radius 3 is 3.00 bits per heavy atom. The SMILES string of the molecule is CN(Cc1ccnn1C)C(=O)c1onc2c1CCCC2. The van der Waals surface area contributed by atoms with Crippen LogP contribution in [0.1, 0.15) is 40.3 Å². The summed E-state index contributed by atoms with van der Waals surface area (Å²) in [5.41, 5.74) is 2.93. The molecule has 2 aromatic rings. The largest absolute Gasteiger partial charge is 0.350 e. The average molecular weight is 274 g/mol. The molecule has 0 saturated carbocycles. The molecular weight excluding hydrogens is 256 g/mol. The molecule has 0 unspecified atom stereocenters. The van der Waals surface area contributed by atoms with Crippen molar-refractivity contribution < 1.29 is 9.32 Å². The Morgan fingerprint density at radius 1 is 1.45 bits per heavy atom. The van der Waals surface area contributed by atoms with Crippen LogP contribution in [0.25, 0.3) is 0 Å². The van der Waals surface area contributed by atoms with E-state index in [1.54, 1.807) is 22.8 Å². The minimum atomic E-state index is -0.109. The number of rotatable bonds is 3. The van der Waals surface area contributed by atoms with Crippen molar-refractivity contribution in [2.24, 2.45) is 7.05 Å². The third kappa shape index (κ3) is 2.21. The molecule has 1 aliphatic rings. The predicted molar refractivity (Wildman–Crippen MR) is 72.2 cm³/mol. The molecule has 106 valence electrons. The van der Waals surface area contributed by atoms with Gasteiger partial charge in [-0.3, -0.25) is 9.48 Å². The van der Waals surface area contributed by atoms with Gasteiger partial charge in [-0.1, -0.05) is 5.16 Å². The van der Waals surface area contributed by atoms with E-state index in [4.69, 9.17) is 4.52 Å². The van der Waals surface area contributed by atoms with Crippen LogP contribution in [0.15, 0.2) is 16.8 Å². The zero-order valence-electron chi connectivity index (χ0n) is 11.8. The minimum absolute atomic E-state index is 0.109. The molecule has 2 heterocycles. The van der Waals surface area contributed by atoms with Crippen molar-refractivity contribution in [3.05, 3.63) is 35.0 Å². The number of amides is 1. The number of hydrogen-bond acceptors (Lipinski definition) is 4. The van der Waals surface area contributed by atoms with E-state index < -0.39 is 0 Å². The average Bonchev–Trinajstić information content (AvgIpc) is 3.05. The molecule has 0 aromatic carbocycles. The molecule has 0 N–H and O–H groups in total. The van der Waals surface area contributed by atoms with E-state index in [-0.39, 0.29) is 5.91 Å². The zero-order valence-corrected chi connectivity index (χ0v) is 11.8. The lowest BCUT2D eigenvalue weighted by atomic mass is 9.96. The van der Waals surface area contributed by atoms with Crippen LogP contribution < -0.4 is 0 Å². The van der Waals surface area contributed by atoms with Crippen LogP contribution >= 0.6 is 0 Å². The Bertz CT molecular complexity index is 629. The van der Waals surface area contributed by atoms with Gasteiger partial charge in [0, 0.05) is 25.9 Å². The topological polar surface area (TPSA) is 64.2 Å². The maximum absolute atomic E-state index is 12.5. The Kier molecular flexibility index (Phi) is 3.30. The third-order valence-electron chi connectivity index (χ3n) is 3.82. The van der Waals surface area contributed by atoms with Gasteiger partial charge in [-0.25, -0.2) is 0 Å². The number of aryl methyl sites for hydroxylation is 2. The first-order valence-corrected chi connectivity index (χ1v) is 6.86. The normalized spacial score (nSPS) is 14.1. The summed E-state index contributed by atoms with van der Waals surface area (Å²) in [5, 5.41) is 8.14. The van der Waals surface area contributed by atoms with Crippen LogP contribution in [-0.4, -0.2) is 32.8 Å². The van der Waals surface area contributed by atoms with Gasteiger partial charge >= 0.3 is 0 Å². The second-order valence-electron chi connectivity index (χ2n) is 5.25. The summed E-state index contributed by atoms with van der Waals surface area (Å²) in [6, 6.07) is 1.90. The number of carbonyl (C=O) groups is 1. The second-order valence-corrected chi connectivity index (χ2v) is 5.25. The molecule has 1 aliphatic carbocycles. The monoisotopic (exact) mass is 274 g/mol. The highest BCUT2D eigenvalue weighted by atomic mass is 16.5. The van der Waals surface area contributed by atoms with Crippen LogP contribution in [0.2, 0.25) is 0 Å². The minimum Gasteiger partial charge on any atom is -0.350 e.